The Balaban J connectivity index is 1.13. The van der Waals surface area contributed by atoms with Crippen LogP contribution >= 0.6 is 23.2 Å². The topological polar surface area (TPSA) is 70.4 Å². The number of fused-ring (bicyclic) bond motifs is 1. The van der Waals surface area contributed by atoms with Crippen molar-refractivity contribution in [1.82, 2.24) is 15.8 Å². The van der Waals surface area contributed by atoms with E-state index in [1.807, 2.05) is 36.4 Å². The minimum Gasteiger partial charge on any atom is -0.366 e. The van der Waals surface area contributed by atoms with E-state index >= 15 is 0 Å². The van der Waals surface area contributed by atoms with Crippen LogP contribution in [-0.4, -0.2) is 36.0 Å². The molecule has 1 aliphatic carbocycles. The van der Waals surface area contributed by atoms with Gasteiger partial charge in [0.15, 0.2) is 0 Å². The van der Waals surface area contributed by atoms with Gasteiger partial charge in [-0.1, -0.05) is 59.6 Å². The summed E-state index contributed by atoms with van der Waals surface area (Å²) < 4.78 is 0. The summed E-state index contributed by atoms with van der Waals surface area (Å²) >= 11 is 12.5. The van der Waals surface area contributed by atoms with Crippen LogP contribution < -0.4 is 16.6 Å². The van der Waals surface area contributed by atoms with E-state index in [4.69, 9.17) is 28.9 Å². The number of hydrogen-bond donors (Lipinski definition) is 3. The Morgan fingerprint density at radius 3 is 2.15 bits per heavy atom. The van der Waals surface area contributed by atoms with Crippen molar-refractivity contribution < 1.29 is 4.79 Å². The molecule has 40 heavy (non-hydrogen) atoms. The molecule has 6 rings (SSSR count). The lowest BCUT2D eigenvalue weighted by Gasteiger charge is -2.41. The lowest BCUT2D eigenvalue weighted by Crippen LogP contribution is -2.45. The number of halogens is 2. The third-order valence-electron chi connectivity index (χ3n) is 9.52. The molecule has 4 N–H and O–H groups in total. The van der Waals surface area contributed by atoms with Crippen molar-refractivity contribution in [2.24, 2.45) is 23.5 Å². The number of hydrazine groups is 1. The van der Waals surface area contributed by atoms with Gasteiger partial charge in [-0.3, -0.25) is 20.5 Å². The second-order valence-corrected chi connectivity index (χ2v) is 12.8. The standard InChI is InChI=1S/C33H38Cl2N4O/c34-27-9-4-22(5-10-27)31(23-6-11-28(35)12-7-23)25-8-13-30-29(19-25)32(38-37-30)24-14-16-39(17-15-24)20-21-2-1-3-26(18-21)33(36)40/h1-7,9-12,18,24-25,29-32,37-38H,8,13-17,19-20H2,(H2,36,40). The Morgan fingerprint density at radius 1 is 0.875 bits per heavy atom. The quantitative estimate of drug-likeness (QED) is 0.304. The fourth-order valence-electron chi connectivity index (χ4n) is 7.52. The number of hydrogen-bond acceptors (Lipinski definition) is 4. The summed E-state index contributed by atoms with van der Waals surface area (Å²) in [6.07, 6.45) is 5.94. The molecule has 0 radical (unpaired) electrons. The summed E-state index contributed by atoms with van der Waals surface area (Å²) in [5.74, 6) is 1.79. The Hall–Kier alpha value is -2.41. The largest absolute Gasteiger partial charge is 0.366 e. The number of nitrogens with two attached hydrogens (primary N) is 1. The van der Waals surface area contributed by atoms with Gasteiger partial charge in [0.2, 0.25) is 5.91 Å². The summed E-state index contributed by atoms with van der Waals surface area (Å²) in [6.45, 7) is 3.01. The molecule has 2 aliphatic heterocycles. The highest BCUT2D eigenvalue weighted by Crippen LogP contribution is 2.46. The smallest absolute Gasteiger partial charge is 0.248 e. The predicted molar refractivity (Wildman–Crippen MR) is 162 cm³/mol. The number of rotatable bonds is 7. The molecule has 1 amide bonds. The van der Waals surface area contributed by atoms with E-state index in [-0.39, 0.29) is 5.91 Å². The van der Waals surface area contributed by atoms with Crippen LogP contribution in [0.15, 0.2) is 72.8 Å². The molecular formula is C33H38Cl2N4O. The molecule has 1 saturated carbocycles. The Bertz CT molecular complexity index is 1260. The fraction of sp³-hybridized carbons (Fsp3) is 0.424. The second kappa shape index (κ2) is 12.2. The van der Waals surface area contributed by atoms with Crippen molar-refractivity contribution in [1.29, 1.82) is 0 Å². The summed E-state index contributed by atoms with van der Waals surface area (Å²) in [5, 5.41) is 1.55. The van der Waals surface area contributed by atoms with Crippen molar-refractivity contribution in [3.8, 4) is 0 Å². The third-order valence-corrected chi connectivity index (χ3v) is 10.0. The van der Waals surface area contributed by atoms with Gasteiger partial charge in [-0.05, 0) is 116 Å². The van der Waals surface area contributed by atoms with Crippen molar-refractivity contribution in [2.45, 2.75) is 56.7 Å². The summed E-state index contributed by atoms with van der Waals surface area (Å²) in [4.78, 5) is 14.1. The number of primary amides is 1. The zero-order valence-corrected chi connectivity index (χ0v) is 24.2. The minimum atomic E-state index is -0.366. The average molecular weight is 578 g/mol. The molecule has 3 aliphatic rings. The highest BCUT2D eigenvalue weighted by molar-refractivity contribution is 6.30. The number of amides is 1. The van der Waals surface area contributed by atoms with E-state index in [1.54, 1.807) is 6.07 Å². The van der Waals surface area contributed by atoms with Gasteiger partial charge in [-0.15, -0.1) is 0 Å². The SMILES string of the molecule is NC(=O)c1cccc(CN2CCC(C3NNC4CCC(C(c5ccc(Cl)cc5)c5ccc(Cl)cc5)CC43)CC2)c1. The summed E-state index contributed by atoms with van der Waals surface area (Å²) in [7, 11) is 0. The number of nitrogens with one attached hydrogen (secondary N) is 2. The maximum atomic E-state index is 11.6. The lowest BCUT2D eigenvalue weighted by atomic mass is 9.66. The number of carbonyl (C=O) groups is 1. The molecule has 3 aromatic carbocycles. The second-order valence-electron chi connectivity index (χ2n) is 11.9. The molecule has 3 fully saturated rings. The Kier molecular flexibility index (Phi) is 8.47. The van der Waals surface area contributed by atoms with E-state index in [0.29, 0.717) is 41.3 Å². The van der Waals surface area contributed by atoms with Crippen LogP contribution in [0.1, 0.15) is 65.1 Å². The van der Waals surface area contributed by atoms with Crippen LogP contribution in [0.2, 0.25) is 10.0 Å². The summed E-state index contributed by atoms with van der Waals surface area (Å²) in [6, 6.07) is 25.6. The van der Waals surface area contributed by atoms with Gasteiger partial charge in [0.25, 0.3) is 0 Å². The minimum absolute atomic E-state index is 0.328. The first-order valence-corrected chi connectivity index (χ1v) is 15.3. The number of piperidine rings is 1. The maximum Gasteiger partial charge on any atom is 0.248 e. The van der Waals surface area contributed by atoms with Crippen molar-refractivity contribution in [3.63, 3.8) is 0 Å². The molecule has 3 aromatic rings. The van der Waals surface area contributed by atoms with Crippen LogP contribution in [0.3, 0.4) is 0 Å². The summed E-state index contributed by atoms with van der Waals surface area (Å²) in [5.41, 5.74) is 17.3. The zero-order chi connectivity index (χ0) is 27.6. The van der Waals surface area contributed by atoms with Gasteiger partial charge < -0.3 is 5.73 Å². The van der Waals surface area contributed by atoms with Crippen LogP contribution in [0.4, 0.5) is 0 Å². The highest BCUT2D eigenvalue weighted by Gasteiger charge is 2.45. The van der Waals surface area contributed by atoms with Crippen LogP contribution in [0.5, 0.6) is 0 Å². The maximum absolute atomic E-state index is 11.6. The zero-order valence-electron chi connectivity index (χ0n) is 22.7. The van der Waals surface area contributed by atoms with Gasteiger partial charge in [0.1, 0.15) is 0 Å². The van der Waals surface area contributed by atoms with Crippen molar-refractivity contribution >= 4 is 29.1 Å². The molecule has 210 valence electrons. The Morgan fingerprint density at radius 2 is 1.52 bits per heavy atom. The van der Waals surface area contributed by atoms with E-state index in [9.17, 15) is 4.79 Å². The molecule has 2 saturated heterocycles. The monoisotopic (exact) mass is 576 g/mol. The van der Waals surface area contributed by atoms with Gasteiger partial charge in [-0.2, -0.15) is 0 Å². The van der Waals surface area contributed by atoms with Gasteiger partial charge in [0, 0.05) is 40.2 Å². The molecule has 5 nitrogen and oxygen atoms in total. The van der Waals surface area contributed by atoms with E-state index in [1.165, 1.54) is 43.2 Å². The molecular weight excluding hydrogens is 539 g/mol. The van der Waals surface area contributed by atoms with E-state index in [0.717, 1.165) is 35.2 Å². The Labute approximate surface area is 247 Å². The highest BCUT2D eigenvalue weighted by atomic mass is 35.5. The van der Waals surface area contributed by atoms with Crippen molar-refractivity contribution in [2.75, 3.05) is 13.1 Å². The van der Waals surface area contributed by atoms with Crippen LogP contribution in [0.25, 0.3) is 0 Å². The molecule has 0 spiro atoms. The normalized spacial score (nSPS) is 25.7. The number of benzene rings is 3. The average Bonchev–Trinajstić information content (AvgIpc) is 3.39. The van der Waals surface area contributed by atoms with Gasteiger partial charge in [-0.25, -0.2) is 0 Å². The van der Waals surface area contributed by atoms with Crippen molar-refractivity contribution in [3.05, 3.63) is 105 Å². The van der Waals surface area contributed by atoms with E-state index in [2.05, 4.69) is 46.1 Å². The fourth-order valence-corrected chi connectivity index (χ4v) is 7.78. The first-order valence-electron chi connectivity index (χ1n) is 14.6. The molecule has 0 bridgehead atoms. The number of likely N-dealkylation sites (tertiary alicyclic amines) is 1. The molecule has 4 atom stereocenters. The molecule has 0 aromatic heterocycles. The molecule has 4 unspecified atom stereocenters. The van der Waals surface area contributed by atoms with E-state index < -0.39 is 0 Å². The lowest BCUT2D eigenvalue weighted by molar-refractivity contribution is 0.1000. The molecule has 2 heterocycles. The van der Waals surface area contributed by atoms with Crippen LogP contribution in [-0.2, 0) is 6.54 Å². The number of carbonyl (C=O) groups excluding carboxylic acids is 1. The first kappa shape index (κ1) is 27.7. The number of nitrogens with zero attached hydrogens (tertiary/aromatic N) is 1. The predicted octanol–water partition coefficient (Wildman–Crippen LogP) is 6.40. The van der Waals surface area contributed by atoms with Crippen LogP contribution in [0, 0.1) is 17.8 Å². The first-order chi connectivity index (χ1) is 19.4. The molecule has 7 heteroatoms. The van der Waals surface area contributed by atoms with Gasteiger partial charge in [0.05, 0.1) is 0 Å². The third kappa shape index (κ3) is 6.09. The van der Waals surface area contributed by atoms with Gasteiger partial charge >= 0.3 is 0 Å².